The summed E-state index contributed by atoms with van der Waals surface area (Å²) in [7, 11) is 0. The number of carbonyl (C=O) groups is 1. The smallest absolute Gasteiger partial charge is 0.231 e. The summed E-state index contributed by atoms with van der Waals surface area (Å²) in [5, 5.41) is 3.22. The van der Waals surface area contributed by atoms with Crippen LogP contribution in [0.5, 0.6) is 0 Å². The van der Waals surface area contributed by atoms with Gasteiger partial charge >= 0.3 is 0 Å². The minimum absolute atomic E-state index is 0.00628. The predicted octanol–water partition coefficient (Wildman–Crippen LogP) is 2.03. The molecule has 1 aromatic carbocycles. The lowest BCUT2D eigenvalue weighted by Crippen LogP contribution is -2.38. The maximum Gasteiger partial charge on any atom is 0.231 e. The summed E-state index contributed by atoms with van der Waals surface area (Å²) in [5.74, 6) is 0.102. The third-order valence-corrected chi connectivity index (χ3v) is 3.54. The van der Waals surface area contributed by atoms with E-state index in [1.165, 1.54) is 12.1 Å². The van der Waals surface area contributed by atoms with Gasteiger partial charge in [-0.2, -0.15) is 0 Å². The molecule has 18 heavy (non-hydrogen) atoms. The van der Waals surface area contributed by atoms with Gasteiger partial charge in [0.05, 0.1) is 5.92 Å². The van der Waals surface area contributed by atoms with Crippen molar-refractivity contribution in [1.82, 2.24) is 5.32 Å². The van der Waals surface area contributed by atoms with Crippen molar-refractivity contribution in [2.24, 2.45) is 11.8 Å². The Morgan fingerprint density at radius 3 is 2.83 bits per heavy atom. The van der Waals surface area contributed by atoms with Crippen molar-refractivity contribution in [2.45, 2.75) is 13.8 Å². The van der Waals surface area contributed by atoms with Crippen LogP contribution in [0.3, 0.4) is 0 Å². The lowest BCUT2D eigenvalue weighted by molar-refractivity contribution is -0.122. The predicted molar refractivity (Wildman–Crippen MR) is 70.0 cm³/mol. The molecule has 0 aliphatic carbocycles. The van der Waals surface area contributed by atoms with Gasteiger partial charge in [-0.3, -0.25) is 4.79 Å². The fourth-order valence-corrected chi connectivity index (χ4v) is 2.45. The van der Waals surface area contributed by atoms with Crippen LogP contribution >= 0.6 is 0 Å². The van der Waals surface area contributed by atoms with Gasteiger partial charge in [0.15, 0.2) is 0 Å². The maximum atomic E-state index is 13.2. The van der Waals surface area contributed by atoms with Crippen LogP contribution in [0.4, 0.5) is 10.1 Å². The Hall–Kier alpha value is -1.42. The van der Waals surface area contributed by atoms with E-state index in [0.717, 1.165) is 6.54 Å². The van der Waals surface area contributed by atoms with E-state index < -0.39 is 0 Å². The van der Waals surface area contributed by atoms with Gasteiger partial charge < -0.3 is 10.2 Å². The highest BCUT2D eigenvalue weighted by Crippen LogP contribution is 2.23. The molecule has 1 aromatic rings. The Morgan fingerprint density at radius 1 is 1.50 bits per heavy atom. The highest BCUT2D eigenvalue weighted by Gasteiger charge is 2.32. The molecule has 0 aromatic heterocycles. The zero-order valence-corrected chi connectivity index (χ0v) is 10.8. The molecule has 4 heteroatoms. The van der Waals surface area contributed by atoms with Gasteiger partial charge in [-0.1, -0.05) is 13.0 Å². The summed E-state index contributed by atoms with van der Waals surface area (Å²) in [6.45, 7) is 6.13. The third-order valence-electron chi connectivity index (χ3n) is 3.54. The molecule has 1 fully saturated rings. The molecule has 0 saturated carbocycles. The molecular formula is C14H19FN2O. The van der Waals surface area contributed by atoms with Crippen LogP contribution in [0.1, 0.15) is 13.8 Å². The van der Waals surface area contributed by atoms with Crippen molar-refractivity contribution in [3.63, 3.8) is 0 Å². The standard InChI is InChI=1S/C14H19FN2O/c1-3-17(12-6-4-5-11(15)7-12)14(18)13-9-16-8-10(13)2/h4-7,10,13,16H,3,8-9H2,1-2H3/t10-,13-/m1/s1. The van der Waals surface area contributed by atoms with E-state index in [2.05, 4.69) is 12.2 Å². The molecule has 1 amide bonds. The Labute approximate surface area is 107 Å². The number of amides is 1. The third kappa shape index (κ3) is 2.53. The van der Waals surface area contributed by atoms with Gasteiger partial charge in [0.1, 0.15) is 5.82 Å². The average molecular weight is 250 g/mol. The van der Waals surface area contributed by atoms with E-state index in [0.29, 0.717) is 24.7 Å². The number of nitrogens with zero attached hydrogens (tertiary/aromatic N) is 1. The summed E-state index contributed by atoms with van der Waals surface area (Å²) < 4.78 is 13.2. The van der Waals surface area contributed by atoms with E-state index in [1.54, 1.807) is 17.0 Å². The molecule has 0 spiro atoms. The van der Waals surface area contributed by atoms with E-state index in [9.17, 15) is 9.18 Å². The van der Waals surface area contributed by atoms with Gasteiger partial charge in [0.25, 0.3) is 0 Å². The largest absolute Gasteiger partial charge is 0.316 e. The van der Waals surface area contributed by atoms with Gasteiger partial charge in [0, 0.05) is 18.8 Å². The second-order valence-corrected chi connectivity index (χ2v) is 4.80. The Kier molecular flexibility index (Phi) is 3.97. The summed E-state index contributed by atoms with van der Waals surface area (Å²) in [6.07, 6.45) is 0. The molecule has 98 valence electrons. The summed E-state index contributed by atoms with van der Waals surface area (Å²) >= 11 is 0. The number of nitrogens with one attached hydrogen (secondary N) is 1. The maximum absolute atomic E-state index is 13.2. The Morgan fingerprint density at radius 2 is 2.28 bits per heavy atom. The van der Waals surface area contributed by atoms with Gasteiger partial charge in [0.2, 0.25) is 5.91 Å². The zero-order valence-electron chi connectivity index (χ0n) is 10.8. The van der Waals surface area contributed by atoms with E-state index >= 15 is 0 Å². The number of carbonyl (C=O) groups excluding carboxylic acids is 1. The topological polar surface area (TPSA) is 32.3 Å². The molecular weight excluding hydrogens is 231 g/mol. The van der Waals surface area contributed by atoms with Gasteiger partial charge in [-0.15, -0.1) is 0 Å². The van der Waals surface area contributed by atoms with Crippen LogP contribution < -0.4 is 10.2 Å². The molecule has 3 nitrogen and oxygen atoms in total. The molecule has 1 saturated heterocycles. The van der Waals surface area contributed by atoms with Crippen molar-refractivity contribution in [3.8, 4) is 0 Å². The fourth-order valence-electron chi connectivity index (χ4n) is 2.45. The van der Waals surface area contributed by atoms with Crippen molar-refractivity contribution in [2.75, 3.05) is 24.5 Å². The second kappa shape index (κ2) is 5.48. The molecule has 0 radical (unpaired) electrons. The number of rotatable bonds is 3. The summed E-state index contributed by atoms with van der Waals surface area (Å²) in [6, 6.07) is 6.21. The minimum Gasteiger partial charge on any atom is -0.316 e. The first kappa shape index (κ1) is 13.0. The van der Waals surface area contributed by atoms with Gasteiger partial charge in [-0.05, 0) is 37.6 Å². The quantitative estimate of drug-likeness (QED) is 0.890. The highest BCUT2D eigenvalue weighted by molar-refractivity contribution is 5.95. The molecule has 2 atom stereocenters. The first-order valence-electron chi connectivity index (χ1n) is 6.41. The van der Waals surface area contributed by atoms with Crippen LogP contribution in [0.25, 0.3) is 0 Å². The lowest BCUT2D eigenvalue weighted by Gasteiger charge is -2.25. The summed E-state index contributed by atoms with van der Waals surface area (Å²) in [5.41, 5.74) is 0.640. The highest BCUT2D eigenvalue weighted by atomic mass is 19.1. The average Bonchev–Trinajstić information content (AvgIpc) is 2.76. The molecule has 1 heterocycles. The number of benzene rings is 1. The van der Waals surface area contributed by atoms with Crippen molar-refractivity contribution >= 4 is 11.6 Å². The molecule has 1 N–H and O–H groups in total. The van der Waals surface area contributed by atoms with Crippen molar-refractivity contribution < 1.29 is 9.18 Å². The van der Waals surface area contributed by atoms with Crippen molar-refractivity contribution in [3.05, 3.63) is 30.1 Å². The number of hydrogen-bond donors (Lipinski definition) is 1. The molecule has 1 aliphatic heterocycles. The minimum atomic E-state index is -0.309. The zero-order chi connectivity index (χ0) is 13.1. The molecule has 1 aliphatic rings. The first-order valence-corrected chi connectivity index (χ1v) is 6.41. The first-order chi connectivity index (χ1) is 8.63. The van der Waals surface area contributed by atoms with Crippen LogP contribution in [0.2, 0.25) is 0 Å². The molecule has 2 rings (SSSR count). The van der Waals surface area contributed by atoms with Crippen LogP contribution in [-0.4, -0.2) is 25.5 Å². The lowest BCUT2D eigenvalue weighted by atomic mass is 9.96. The normalized spacial score (nSPS) is 23.1. The second-order valence-electron chi connectivity index (χ2n) is 4.80. The summed E-state index contributed by atoms with van der Waals surface area (Å²) in [4.78, 5) is 14.1. The van der Waals surface area contributed by atoms with E-state index in [-0.39, 0.29) is 17.6 Å². The van der Waals surface area contributed by atoms with E-state index in [1.807, 2.05) is 6.92 Å². The monoisotopic (exact) mass is 250 g/mol. The number of halogens is 1. The number of hydrogen-bond acceptors (Lipinski definition) is 2. The van der Waals surface area contributed by atoms with Crippen LogP contribution in [-0.2, 0) is 4.79 Å². The molecule has 0 bridgehead atoms. The Balaban J connectivity index is 2.20. The van der Waals surface area contributed by atoms with Crippen LogP contribution in [0.15, 0.2) is 24.3 Å². The Bertz CT molecular complexity index is 436. The van der Waals surface area contributed by atoms with Crippen molar-refractivity contribution in [1.29, 1.82) is 0 Å². The molecule has 0 unspecified atom stereocenters. The van der Waals surface area contributed by atoms with E-state index in [4.69, 9.17) is 0 Å². The SMILES string of the molecule is CCN(C(=O)[C@@H]1CNC[C@H]1C)c1cccc(F)c1. The number of anilines is 1. The van der Waals surface area contributed by atoms with Crippen LogP contribution in [0, 0.1) is 17.7 Å². The fraction of sp³-hybridized carbons (Fsp3) is 0.500. The van der Waals surface area contributed by atoms with Gasteiger partial charge in [-0.25, -0.2) is 4.39 Å².